The number of rotatable bonds is 5. The number of hydrogen-bond acceptors (Lipinski definition) is 1. The van der Waals surface area contributed by atoms with Crippen LogP contribution in [0.25, 0.3) is 0 Å². The molecule has 0 amide bonds. The summed E-state index contributed by atoms with van der Waals surface area (Å²) < 4.78 is 0. The van der Waals surface area contributed by atoms with Crippen molar-refractivity contribution in [3.8, 4) is 0 Å². The van der Waals surface area contributed by atoms with Crippen molar-refractivity contribution in [2.45, 2.75) is 91.4 Å². The second kappa shape index (κ2) is 7.75. The molecule has 4 aliphatic rings. The monoisotopic (exact) mass is 371 g/mol. The van der Waals surface area contributed by atoms with E-state index in [2.05, 4.69) is 39.3 Å². The van der Waals surface area contributed by atoms with Crippen molar-refractivity contribution in [3.05, 3.63) is 12.3 Å². The molecule has 4 rings (SSSR count). The molecule has 27 heavy (non-hydrogen) atoms. The van der Waals surface area contributed by atoms with Crippen molar-refractivity contribution >= 4 is 0 Å². The van der Waals surface area contributed by atoms with Gasteiger partial charge in [-0.25, -0.2) is 0 Å². The van der Waals surface area contributed by atoms with Crippen LogP contribution in [0.2, 0.25) is 0 Å². The molecule has 0 aliphatic heterocycles. The van der Waals surface area contributed by atoms with Gasteiger partial charge >= 0.3 is 0 Å². The molecule has 0 spiro atoms. The fraction of sp³-hybridized carbons (Fsp3) is 0.923. The van der Waals surface area contributed by atoms with Gasteiger partial charge in [-0.3, -0.25) is 0 Å². The summed E-state index contributed by atoms with van der Waals surface area (Å²) >= 11 is 0. The summed E-state index contributed by atoms with van der Waals surface area (Å²) in [6.07, 6.45) is 16.8. The van der Waals surface area contributed by atoms with E-state index in [1.54, 1.807) is 38.5 Å². The zero-order valence-corrected chi connectivity index (χ0v) is 18.7. The number of fused-ring (bicyclic) bond motifs is 5. The van der Waals surface area contributed by atoms with Crippen LogP contribution in [0.3, 0.4) is 0 Å². The van der Waals surface area contributed by atoms with Crippen LogP contribution in [0.4, 0.5) is 0 Å². The maximum atomic E-state index is 4.13. The fourth-order valence-corrected chi connectivity index (χ4v) is 8.44. The Morgan fingerprint density at radius 1 is 1.00 bits per heavy atom. The van der Waals surface area contributed by atoms with Crippen molar-refractivity contribution in [1.82, 2.24) is 4.90 Å². The van der Waals surface area contributed by atoms with Crippen molar-refractivity contribution in [2.24, 2.45) is 46.8 Å². The average molecular weight is 372 g/mol. The van der Waals surface area contributed by atoms with E-state index in [0.717, 1.165) is 41.4 Å². The van der Waals surface area contributed by atoms with Crippen molar-refractivity contribution in [3.63, 3.8) is 0 Å². The average Bonchev–Trinajstić information content (AvgIpc) is 3.01. The van der Waals surface area contributed by atoms with Gasteiger partial charge in [0.2, 0.25) is 0 Å². The summed E-state index contributed by atoms with van der Waals surface area (Å²) in [5.74, 6) is 7.42. The van der Waals surface area contributed by atoms with Gasteiger partial charge < -0.3 is 4.90 Å². The van der Waals surface area contributed by atoms with Gasteiger partial charge in [0.25, 0.3) is 0 Å². The fourth-order valence-electron chi connectivity index (χ4n) is 8.44. The molecule has 1 heteroatoms. The lowest BCUT2D eigenvalue weighted by molar-refractivity contribution is -0.0692. The Balaban J connectivity index is 1.42. The van der Waals surface area contributed by atoms with Crippen LogP contribution in [0, 0.1) is 46.8 Å². The first-order valence-electron chi connectivity index (χ1n) is 12.3. The van der Waals surface area contributed by atoms with Crippen LogP contribution < -0.4 is 0 Å². The molecule has 0 heterocycles. The minimum atomic E-state index is 0.643. The van der Waals surface area contributed by atoms with Gasteiger partial charge in [0.1, 0.15) is 0 Å². The van der Waals surface area contributed by atoms with E-state index in [0.29, 0.717) is 5.41 Å². The first-order valence-corrected chi connectivity index (χ1v) is 12.3. The highest BCUT2D eigenvalue weighted by atomic mass is 15.1. The first kappa shape index (κ1) is 19.8. The molecule has 4 aliphatic carbocycles. The SMILES string of the molecule is C=C(C)N(C)CCC1CCC2C3CCC4CC(CC)CCC4C3CCC12C. The highest BCUT2D eigenvalue weighted by molar-refractivity contribution is 5.06. The van der Waals surface area contributed by atoms with Gasteiger partial charge in [-0.1, -0.05) is 33.3 Å². The lowest BCUT2D eigenvalue weighted by atomic mass is 9.49. The molecule has 0 N–H and O–H groups in total. The normalized spacial score (nSPS) is 46.3. The van der Waals surface area contributed by atoms with Crippen molar-refractivity contribution < 1.29 is 0 Å². The molecule has 0 radical (unpaired) electrons. The van der Waals surface area contributed by atoms with Crippen LogP contribution >= 0.6 is 0 Å². The molecule has 8 unspecified atom stereocenters. The minimum absolute atomic E-state index is 0.643. The molecule has 4 saturated carbocycles. The van der Waals surface area contributed by atoms with Gasteiger partial charge in [0.05, 0.1) is 0 Å². The largest absolute Gasteiger partial charge is 0.379 e. The Morgan fingerprint density at radius 3 is 2.52 bits per heavy atom. The van der Waals surface area contributed by atoms with E-state index in [1.165, 1.54) is 44.3 Å². The van der Waals surface area contributed by atoms with E-state index in [-0.39, 0.29) is 0 Å². The summed E-state index contributed by atoms with van der Waals surface area (Å²) in [5.41, 5.74) is 1.87. The Hall–Kier alpha value is -0.460. The Morgan fingerprint density at radius 2 is 1.78 bits per heavy atom. The molecular formula is C26H45N. The molecule has 1 nitrogen and oxygen atoms in total. The van der Waals surface area contributed by atoms with Crippen LogP contribution in [0.5, 0.6) is 0 Å². The van der Waals surface area contributed by atoms with Gasteiger partial charge in [0.15, 0.2) is 0 Å². The Kier molecular flexibility index (Phi) is 5.70. The van der Waals surface area contributed by atoms with Crippen molar-refractivity contribution in [2.75, 3.05) is 13.6 Å². The third kappa shape index (κ3) is 3.51. The highest BCUT2D eigenvalue weighted by Crippen LogP contribution is 2.65. The molecule has 4 fully saturated rings. The lowest BCUT2D eigenvalue weighted by Gasteiger charge is -2.56. The maximum absolute atomic E-state index is 4.13. The molecule has 0 aromatic carbocycles. The zero-order valence-electron chi connectivity index (χ0n) is 18.7. The minimum Gasteiger partial charge on any atom is -0.379 e. The zero-order chi connectivity index (χ0) is 19.2. The second-order valence-electron chi connectivity index (χ2n) is 11.3. The Labute approximate surface area is 169 Å². The van der Waals surface area contributed by atoms with Gasteiger partial charge in [-0.05, 0) is 112 Å². The molecular weight excluding hydrogens is 326 g/mol. The molecule has 0 saturated heterocycles. The standard InChI is InChI=1S/C26H45N/c1-6-19-7-10-22-20(17-19)8-11-24-23(22)13-15-26(4)21(9-12-25(24)26)14-16-27(5)18(2)3/h19-25H,2,6-17H2,1,3-5H3. The molecule has 154 valence electrons. The maximum Gasteiger partial charge on any atom is 0.0174 e. The van der Waals surface area contributed by atoms with E-state index in [1.807, 2.05) is 0 Å². The van der Waals surface area contributed by atoms with Gasteiger partial charge in [-0.2, -0.15) is 0 Å². The van der Waals surface area contributed by atoms with Crippen LogP contribution in [-0.2, 0) is 0 Å². The summed E-state index contributed by atoms with van der Waals surface area (Å²) in [6, 6.07) is 0. The molecule has 0 aromatic rings. The first-order chi connectivity index (χ1) is 12.9. The molecule has 0 bridgehead atoms. The van der Waals surface area contributed by atoms with Gasteiger partial charge in [-0.15, -0.1) is 0 Å². The predicted molar refractivity (Wildman–Crippen MR) is 116 cm³/mol. The van der Waals surface area contributed by atoms with E-state index < -0.39 is 0 Å². The molecule has 0 aromatic heterocycles. The number of hydrogen-bond donors (Lipinski definition) is 0. The number of nitrogens with zero attached hydrogens (tertiary/aromatic N) is 1. The van der Waals surface area contributed by atoms with E-state index >= 15 is 0 Å². The van der Waals surface area contributed by atoms with Crippen molar-refractivity contribution in [1.29, 1.82) is 0 Å². The predicted octanol–water partition coefficient (Wildman–Crippen LogP) is 7.14. The Bertz CT molecular complexity index is 538. The topological polar surface area (TPSA) is 3.24 Å². The summed E-state index contributed by atoms with van der Waals surface area (Å²) in [5, 5.41) is 0. The highest BCUT2D eigenvalue weighted by Gasteiger charge is 2.56. The third-order valence-corrected chi connectivity index (χ3v) is 10.3. The third-order valence-electron chi connectivity index (χ3n) is 10.3. The second-order valence-corrected chi connectivity index (χ2v) is 11.3. The van der Waals surface area contributed by atoms with Crippen LogP contribution in [0.15, 0.2) is 12.3 Å². The smallest absolute Gasteiger partial charge is 0.0174 e. The molecule has 8 atom stereocenters. The van der Waals surface area contributed by atoms with Gasteiger partial charge in [0, 0.05) is 19.3 Å². The van der Waals surface area contributed by atoms with Crippen LogP contribution in [-0.4, -0.2) is 18.5 Å². The van der Waals surface area contributed by atoms with E-state index in [9.17, 15) is 0 Å². The quantitative estimate of drug-likeness (QED) is 0.496. The summed E-state index contributed by atoms with van der Waals surface area (Å²) in [6.45, 7) is 12.6. The number of allylic oxidation sites excluding steroid dienone is 1. The van der Waals surface area contributed by atoms with E-state index in [4.69, 9.17) is 0 Å². The van der Waals surface area contributed by atoms with Crippen LogP contribution in [0.1, 0.15) is 91.4 Å². The summed E-state index contributed by atoms with van der Waals surface area (Å²) in [4.78, 5) is 2.37. The lowest BCUT2D eigenvalue weighted by Crippen LogP contribution is -2.48. The summed E-state index contributed by atoms with van der Waals surface area (Å²) in [7, 11) is 2.22.